The maximum absolute atomic E-state index is 11.9. The summed E-state index contributed by atoms with van der Waals surface area (Å²) in [5.74, 6) is -0.0491. The molecule has 0 saturated heterocycles. The van der Waals surface area contributed by atoms with Crippen molar-refractivity contribution in [3.63, 3.8) is 0 Å². The number of carbonyl (C=O) groups is 1. The molecule has 1 unspecified atom stereocenters. The van der Waals surface area contributed by atoms with Crippen LogP contribution in [0.3, 0.4) is 0 Å². The lowest BCUT2D eigenvalue weighted by Crippen LogP contribution is -2.37. The molecule has 0 aliphatic carbocycles. The van der Waals surface area contributed by atoms with E-state index >= 15 is 0 Å². The summed E-state index contributed by atoms with van der Waals surface area (Å²) in [5.41, 5.74) is 0.798. The van der Waals surface area contributed by atoms with Gasteiger partial charge in [-0.05, 0) is 20.3 Å². The minimum absolute atomic E-state index is 0.0491. The van der Waals surface area contributed by atoms with Gasteiger partial charge in [-0.1, -0.05) is 6.92 Å². The molecule has 0 saturated carbocycles. The van der Waals surface area contributed by atoms with Gasteiger partial charge in [0, 0.05) is 7.11 Å². The van der Waals surface area contributed by atoms with Gasteiger partial charge in [0.25, 0.3) is 5.91 Å². The van der Waals surface area contributed by atoms with E-state index in [0.717, 1.165) is 17.1 Å². The first-order valence-corrected chi connectivity index (χ1v) is 6.14. The summed E-state index contributed by atoms with van der Waals surface area (Å²) < 4.78 is 5.04. The second-order valence-electron chi connectivity index (χ2n) is 3.68. The number of aromatic nitrogens is 1. The topological polar surface area (TPSA) is 51.2 Å². The van der Waals surface area contributed by atoms with Crippen LogP contribution in [0.15, 0.2) is 0 Å². The van der Waals surface area contributed by atoms with Gasteiger partial charge in [0.1, 0.15) is 4.88 Å². The van der Waals surface area contributed by atoms with Crippen molar-refractivity contribution in [3.05, 3.63) is 15.6 Å². The zero-order chi connectivity index (χ0) is 12.1. The van der Waals surface area contributed by atoms with Crippen molar-refractivity contribution in [2.75, 3.05) is 13.7 Å². The number of hydrogen-bond acceptors (Lipinski definition) is 4. The van der Waals surface area contributed by atoms with Crippen molar-refractivity contribution in [2.24, 2.45) is 0 Å². The second kappa shape index (κ2) is 5.96. The number of nitrogens with zero attached hydrogens (tertiary/aromatic N) is 1. The molecule has 1 aromatic heterocycles. The van der Waals surface area contributed by atoms with E-state index in [9.17, 15) is 4.79 Å². The van der Waals surface area contributed by atoms with E-state index in [1.165, 1.54) is 11.3 Å². The number of carbonyl (C=O) groups excluding carboxylic acids is 1. The predicted octanol–water partition coefficient (Wildman–Crippen LogP) is 1.91. The van der Waals surface area contributed by atoms with Crippen LogP contribution in [0.25, 0.3) is 0 Å². The Morgan fingerprint density at radius 2 is 2.25 bits per heavy atom. The van der Waals surface area contributed by atoms with Gasteiger partial charge < -0.3 is 10.1 Å². The van der Waals surface area contributed by atoms with E-state index in [4.69, 9.17) is 4.74 Å². The summed E-state index contributed by atoms with van der Waals surface area (Å²) in [6.45, 7) is 6.32. The molecule has 0 aromatic carbocycles. The molecule has 90 valence electrons. The lowest BCUT2D eigenvalue weighted by atomic mass is 10.2. The molecule has 0 aliphatic rings. The van der Waals surface area contributed by atoms with Crippen molar-refractivity contribution in [3.8, 4) is 0 Å². The Morgan fingerprint density at radius 1 is 1.56 bits per heavy atom. The SMILES string of the molecule is CCC(COC)NC(=O)c1sc(C)nc1C. The van der Waals surface area contributed by atoms with Crippen molar-refractivity contribution >= 4 is 17.2 Å². The van der Waals surface area contributed by atoms with Gasteiger partial charge in [0.05, 0.1) is 23.4 Å². The fraction of sp³-hybridized carbons (Fsp3) is 0.636. The summed E-state index contributed by atoms with van der Waals surface area (Å²) >= 11 is 1.43. The normalized spacial score (nSPS) is 12.5. The zero-order valence-electron chi connectivity index (χ0n) is 10.2. The highest BCUT2D eigenvalue weighted by atomic mass is 32.1. The first kappa shape index (κ1) is 13.1. The summed E-state index contributed by atoms with van der Waals surface area (Å²) in [5, 5.41) is 3.86. The molecule has 0 bridgehead atoms. The van der Waals surface area contributed by atoms with Crippen LogP contribution in [0.5, 0.6) is 0 Å². The largest absolute Gasteiger partial charge is 0.383 e. The van der Waals surface area contributed by atoms with Crippen LogP contribution in [0, 0.1) is 13.8 Å². The molecule has 1 amide bonds. The monoisotopic (exact) mass is 242 g/mol. The summed E-state index contributed by atoms with van der Waals surface area (Å²) in [6, 6.07) is 0.0688. The molecule has 4 nitrogen and oxygen atoms in total. The molecule has 0 spiro atoms. The Bertz CT molecular complexity index is 363. The highest BCUT2D eigenvalue weighted by Crippen LogP contribution is 2.17. The third-order valence-electron chi connectivity index (χ3n) is 2.31. The van der Waals surface area contributed by atoms with Crippen LogP contribution in [0.2, 0.25) is 0 Å². The standard InChI is InChI=1S/C11H18N2O2S/c1-5-9(6-15-4)13-11(14)10-7(2)12-8(3)16-10/h9H,5-6H2,1-4H3,(H,13,14). The summed E-state index contributed by atoms with van der Waals surface area (Å²) in [7, 11) is 1.64. The van der Waals surface area contributed by atoms with E-state index in [1.807, 2.05) is 20.8 Å². The van der Waals surface area contributed by atoms with E-state index in [1.54, 1.807) is 7.11 Å². The van der Waals surface area contributed by atoms with Crippen LogP contribution < -0.4 is 5.32 Å². The van der Waals surface area contributed by atoms with Crippen LogP contribution in [-0.2, 0) is 4.74 Å². The van der Waals surface area contributed by atoms with Crippen LogP contribution in [-0.4, -0.2) is 30.6 Å². The lowest BCUT2D eigenvalue weighted by Gasteiger charge is -2.15. The third kappa shape index (κ3) is 3.28. The predicted molar refractivity (Wildman–Crippen MR) is 65.0 cm³/mol. The maximum Gasteiger partial charge on any atom is 0.263 e. The molecule has 0 fully saturated rings. The summed E-state index contributed by atoms with van der Waals surface area (Å²) in [6.07, 6.45) is 0.858. The van der Waals surface area contributed by atoms with Gasteiger partial charge in [-0.2, -0.15) is 0 Å². The van der Waals surface area contributed by atoms with E-state index in [2.05, 4.69) is 10.3 Å². The van der Waals surface area contributed by atoms with Gasteiger partial charge in [0.15, 0.2) is 0 Å². The number of nitrogens with one attached hydrogen (secondary N) is 1. The third-order valence-corrected chi connectivity index (χ3v) is 3.38. The molecular weight excluding hydrogens is 224 g/mol. The van der Waals surface area contributed by atoms with Gasteiger partial charge in [-0.3, -0.25) is 4.79 Å². The van der Waals surface area contributed by atoms with E-state index in [0.29, 0.717) is 11.5 Å². The second-order valence-corrected chi connectivity index (χ2v) is 4.88. The number of ether oxygens (including phenoxy) is 1. The van der Waals surface area contributed by atoms with E-state index in [-0.39, 0.29) is 11.9 Å². The minimum atomic E-state index is -0.0491. The van der Waals surface area contributed by atoms with Gasteiger partial charge in [-0.15, -0.1) is 11.3 Å². The quantitative estimate of drug-likeness (QED) is 0.858. The molecule has 1 rings (SSSR count). The summed E-state index contributed by atoms with van der Waals surface area (Å²) in [4.78, 5) is 16.9. The fourth-order valence-electron chi connectivity index (χ4n) is 1.46. The average Bonchev–Trinajstić information content (AvgIpc) is 2.57. The molecule has 1 heterocycles. The van der Waals surface area contributed by atoms with Crippen molar-refractivity contribution in [2.45, 2.75) is 33.2 Å². The molecule has 16 heavy (non-hydrogen) atoms. The number of rotatable bonds is 5. The van der Waals surface area contributed by atoms with Crippen LogP contribution >= 0.6 is 11.3 Å². The van der Waals surface area contributed by atoms with Gasteiger partial charge in [0.2, 0.25) is 0 Å². The Balaban J connectivity index is 2.67. The highest BCUT2D eigenvalue weighted by Gasteiger charge is 2.16. The molecular formula is C11H18N2O2S. The maximum atomic E-state index is 11.9. The smallest absolute Gasteiger partial charge is 0.263 e. The number of methoxy groups -OCH3 is 1. The molecule has 1 aromatic rings. The zero-order valence-corrected chi connectivity index (χ0v) is 11.0. The fourth-order valence-corrected chi connectivity index (χ4v) is 2.28. The van der Waals surface area contributed by atoms with Gasteiger partial charge >= 0.3 is 0 Å². The minimum Gasteiger partial charge on any atom is -0.383 e. The Morgan fingerprint density at radius 3 is 2.69 bits per heavy atom. The molecule has 1 atom stereocenters. The van der Waals surface area contributed by atoms with Crippen LogP contribution in [0.4, 0.5) is 0 Å². The number of hydrogen-bond donors (Lipinski definition) is 1. The Labute approximate surface area is 100 Å². The van der Waals surface area contributed by atoms with Gasteiger partial charge in [-0.25, -0.2) is 4.98 Å². The van der Waals surface area contributed by atoms with Crippen LogP contribution in [0.1, 0.15) is 33.7 Å². The molecule has 1 N–H and O–H groups in total. The molecule has 0 aliphatic heterocycles. The first-order valence-electron chi connectivity index (χ1n) is 5.32. The highest BCUT2D eigenvalue weighted by molar-refractivity contribution is 7.13. The van der Waals surface area contributed by atoms with Crippen molar-refractivity contribution < 1.29 is 9.53 Å². The van der Waals surface area contributed by atoms with Crippen molar-refractivity contribution in [1.29, 1.82) is 0 Å². The number of aryl methyl sites for hydroxylation is 2. The number of amides is 1. The Hall–Kier alpha value is -0.940. The molecule has 5 heteroatoms. The first-order chi connectivity index (χ1) is 7.58. The van der Waals surface area contributed by atoms with Crippen molar-refractivity contribution in [1.82, 2.24) is 10.3 Å². The molecule has 0 radical (unpaired) electrons. The number of thiazole rings is 1. The van der Waals surface area contributed by atoms with E-state index < -0.39 is 0 Å². The Kier molecular flexibility index (Phi) is 4.89. The lowest BCUT2D eigenvalue weighted by molar-refractivity contribution is 0.0898. The average molecular weight is 242 g/mol.